The molecule has 14 heteroatoms. The molecule has 0 aliphatic carbocycles. The lowest BCUT2D eigenvalue weighted by Gasteiger charge is -2.25. The summed E-state index contributed by atoms with van der Waals surface area (Å²) in [6, 6.07) is 13.2. The maximum absolute atomic E-state index is 13.8. The van der Waals surface area contributed by atoms with E-state index in [1.807, 2.05) is 42.0 Å². The van der Waals surface area contributed by atoms with E-state index in [-0.39, 0.29) is 18.1 Å². The first kappa shape index (κ1) is 32.5. The minimum Gasteiger partial charge on any atom is -0.496 e. The van der Waals surface area contributed by atoms with Crippen LogP contribution in [0.25, 0.3) is 0 Å². The smallest absolute Gasteiger partial charge is 0.321 e. The number of carbonyl (C=O) groups is 3. The Labute approximate surface area is 250 Å². The molecule has 1 N–H and O–H groups in total. The van der Waals surface area contributed by atoms with E-state index in [0.29, 0.717) is 39.4 Å². The predicted molar refractivity (Wildman–Crippen MR) is 158 cm³/mol. The quantitative estimate of drug-likeness (QED) is 0.289. The van der Waals surface area contributed by atoms with E-state index in [2.05, 4.69) is 4.98 Å². The number of nitrogens with one attached hydrogen (secondary N) is 1. The molecule has 0 aliphatic heterocycles. The number of rotatable bonds is 13. The van der Waals surface area contributed by atoms with E-state index >= 15 is 0 Å². The molecule has 0 unspecified atom stereocenters. The van der Waals surface area contributed by atoms with Crippen molar-refractivity contribution < 1.29 is 32.3 Å². The summed E-state index contributed by atoms with van der Waals surface area (Å²) in [4.78, 5) is 44.0. The summed E-state index contributed by atoms with van der Waals surface area (Å²) in [5.41, 5.74) is 2.14. The summed E-state index contributed by atoms with van der Waals surface area (Å²) >= 11 is 1.12. The Morgan fingerprint density at radius 1 is 1.02 bits per heavy atom. The van der Waals surface area contributed by atoms with Gasteiger partial charge in [-0.2, -0.15) is 8.42 Å². The minimum atomic E-state index is -4.36. The molecular weight excluding hydrogens is 582 g/mol. The normalized spacial score (nSPS) is 11.2. The van der Waals surface area contributed by atoms with E-state index in [0.717, 1.165) is 40.9 Å². The molecule has 0 saturated carbocycles. The lowest BCUT2D eigenvalue weighted by Crippen LogP contribution is -2.50. The van der Waals surface area contributed by atoms with Crippen LogP contribution in [0.15, 0.2) is 47.8 Å². The second-order valence-corrected chi connectivity index (χ2v) is 12.0. The van der Waals surface area contributed by atoms with Crippen molar-refractivity contribution in [2.45, 2.75) is 33.2 Å². The number of amides is 3. The Bertz CT molecular complexity index is 1500. The number of hydrogen-bond acceptors (Lipinski definition) is 9. The van der Waals surface area contributed by atoms with Crippen LogP contribution in [0, 0.1) is 6.92 Å². The fraction of sp³-hybridized carbons (Fsp3) is 0.357. The third-order valence-corrected chi connectivity index (χ3v) is 8.80. The highest BCUT2D eigenvalue weighted by Crippen LogP contribution is 2.30. The summed E-state index contributed by atoms with van der Waals surface area (Å²) in [7, 11) is 1.08. The molecular formula is C28H35N5O7S2. The monoisotopic (exact) mass is 617 g/mol. The summed E-state index contributed by atoms with van der Waals surface area (Å²) in [5.74, 6) is -0.755. The standard InChI is InChI=1S/C28H35N5O7S2/c1-19-24(39-5)15-22(16-25(19)40-6)28(36)33(14-10-13-21-11-8-7-9-12-21)17-26-29-23(18-41-26)27(35)30-42(37,38)32(4)31(3)20(2)34/h7-9,11-12,15-16,18H,10,13-14,17H2,1-6H3,(H,30,35). The first-order chi connectivity index (χ1) is 19.9. The predicted octanol–water partition coefficient (Wildman–Crippen LogP) is 3.04. The Kier molecular flexibility index (Phi) is 11.0. The van der Waals surface area contributed by atoms with Crippen LogP contribution in [0.1, 0.15) is 50.3 Å². The Morgan fingerprint density at radius 2 is 1.64 bits per heavy atom. The number of aryl methyl sites for hydroxylation is 1. The average molecular weight is 618 g/mol. The molecule has 3 aromatic rings. The van der Waals surface area contributed by atoms with Crippen LogP contribution in [0.3, 0.4) is 0 Å². The Morgan fingerprint density at radius 3 is 2.21 bits per heavy atom. The van der Waals surface area contributed by atoms with Gasteiger partial charge in [-0.1, -0.05) is 34.7 Å². The molecule has 2 aromatic carbocycles. The SMILES string of the molecule is COc1cc(C(=O)N(CCCc2ccccc2)Cc2nc(C(=O)NS(=O)(=O)N(C)N(C)C(C)=O)cs2)cc(OC)c1C. The summed E-state index contributed by atoms with van der Waals surface area (Å²) in [5, 5.41) is 2.70. The summed E-state index contributed by atoms with van der Waals surface area (Å²) < 4.78 is 38.5. The van der Waals surface area contributed by atoms with Crippen molar-refractivity contribution in [3.63, 3.8) is 0 Å². The molecule has 0 bridgehead atoms. The number of hydrogen-bond donors (Lipinski definition) is 1. The van der Waals surface area contributed by atoms with Crippen molar-refractivity contribution in [2.24, 2.45) is 0 Å². The van der Waals surface area contributed by atoms with Gasteiger partial charge in [0.1, 0.15) is 22.2 Å². The number of thiazole rings is 1. The Balaban J connectivity index is 1.82. The lowest BCUT2D eigenvalue weighted by molar-refractivity contribution is -0.135. The van der Waals surface area contributed by atoms with Crippen molar-refractivity contribution in [2.75, 3.05) is 34.9 Å². The van der Waals surface area contributed by atoms with E-state index < -0.39 is 22.0 Å². The van der Waals surface area contributed by atoms with Crippen LogP contribution >= 0.6 is 11.3 Å². The van der Waals surface area contributed by atoms with Gasteiger partial charge >= 0.3 is 10.2 Å². The first-order valence-corrected chi connectivity index (χ1v) is 15.2. The first-order valence-electron chi connectivity index (χ1n) is 12.9. The van der Waals surface area contributed by atoms with E-state index in [9.17, 15) is 22.8 Å². The zero-order chi connectivity index (χ0) is 31.0. The van der Waals surface area contributed by atoms with Gasteiger partial charge in [0, 0.05) is 44.1 Å². The van der Waals surface area contributed by atoms with E-state index in [1.54, 1.807) is 17.0 Å². The molecule has 1 aromatic heterocycles. The van der Waals surface area contributed by atoms with Gasteiger partial charge in [0.2, 0.25) is 5.91 Å². The van der Waals surface area contributed by atoms with Crippen molar-refractivity contribution in [1.82, 2.24) is 24.0 Å². The molecule has 226 valence electrons. The molecule has 0 atom stereocenters. The maximum Gasteiger partial charge on any atom is 0.321 e. The number of methoxy groups -OCH3 is 2. The van der Waals surface area contributed by atoms with Gasteiger partial charge < -0.3 is 14.4 Å². The number of hydrazine groups is 1. The van der Waals surface area contributed by atoms with Crippen LogP contribution in [0.2, 0.25) is 0 Å². The zero-order valence-electron chi connectivity index (χ0n) is 24.4. The fourth-order valence-electron chi connectivity index (χ4n) is 4.01. The second kappa shape index (κ2) is 14.2. The summed E-state index contributed by atoms with van der Waals surface area (Å²) in [6.07, 6.45) is 1.42. The highest BCUT2D eigenvalue weighted by atomic mass is 32.2. The number of aromatic nitrogens is 1. The third-order valence-electron chi connectivity index (χ3n) is 6.58. The number of benzene rings is 2. The van der Waals surface area contributed by atoms with Crippen molar-refractivity contribution in [3.05, 3.63) is 75.2 Å². The zero-order valence-corrected chi connectivity index (χ0v) is 26.0. The molecule has 0 saturated heterocycles. The van der Waals surface area contributed by atoms with Crippen molar-refractivity contribution >= 4 is 39.3 Å². The van der Waals surface area contributed by atoms with Crippen molar-refractivity contribution in [3.8, 4) is 11.5 Å². The summed E-state index contributed by atoms with van der Waals surface area (Å²) in [6.45, 7) is 3.51. The number of ether oxygens (including phenoxy) is 2. The molecule has 3 rings (SSSR count). The molecule has 0 aliphatic rings. The Hall–Kier alpha value is -4.01. The topological polar surface area (TPSA) is 138 Å². The molecule has 0 radical (unpaired) electrons. The largest absolute Gasteiger partial charge is 0.496 e. The highest BCUT2D eigenvalue weighted by Gasteiger charge is 2.27. The van der Waals surface area contributed by atoms with E-state index in [1.165, 1.54) is 33.6 Å². The van der Waals surface area contributed by atoms with Gasteiger partial charge in [0.05, 0.1) is 20.8 Å². The lowest BCUT2D eigenvalue weighted by atomic mass is 10.1. The highest BCUT2D eigenvalue weighted by molar-refractivity contribution is 7.87. The van der Waals surface area contributed by atoms with Crippen LogP contribution in [-0.2, 0) is 28.0 Å². The van der Waals surface area contributed by atoms with Gasteiger partial charge in [0.15, 0.2) is 0 Å². The van der Waals surface area contributed by atoms with Crippen molar-refractivity contribution in [1.29, 1.82) is 0 Å². The fourth-order valence-corrected chi connectivity index (χ4v) is 5.71. The molecule has 1 heterocycles. The van der Waals surface area contributed by atoms with Gasteiger partial charge in [-0.15, -0.1) is 11.3 Å². The van der Waals surface area contributed by atoms with Gasteiger partial charge in [-0.05, 0) is 37.5 Å². The number of nitrogens with zero attached hydrogens (tertiary/aromatic N) is 4. The van der Waals surface area contributed by atoms with Gasteiger partial charge in [0.25, 0.3) is 11.8 Å². The van der Waals surface area contributed by atoms with Gasteiger partial charge in [-0.3, -0.25) is 19.4 Å². The second-order valence-electron chi connectivity index (χ2n) is 9.36. The maximum atomic E-state index is 13.8. The molecule has 3 amide bonds. The van der Waals surface area contributed by atoms with Crippen LogP contribution in [-0.4, -0.2) is 80.3 Å². The average Bonchev–Trinajstić information content (AvgIpc) is 3.44. The van der Waals surface area contributed by atoms with Crippen LogP contribution in [0.4, 0.5) is 0 Å². The van der Waals surface area contributed by atoms with Crippen LogP contribution < -0.4 is 14.2 Å². The van der Waals surface area contributed by atoms with Crippen LogP contribution in [0.5, 0.6) is 11.5 Å². The van der Waals surface area contributed by atoms with E-state index in [4.69, 9.17) is 9.47 Å². The van der Waals surface area contributed by atoms with Gasteiger partial charge in [-0.25, -0.2) is 9.71 Å². The number of carbonyl (C=O) groups excluding carboxylic acids is 3. The molecule has 12 nitrogen and oxygen atoms in total. The molecule has 0 fully saturated rings. The molecule has 42 heavy (non-hydrogen) atoms. The third kappa shape index (κ3) is 8.05. The minimum absolute atomic E-state index is 0.0871. The molecule has 0 spiro atoms.